The second-order valence-electron chi connectivity index (χ2n) is 6.15. The first kappa shape index (κ1) is 15.3. The second kappa shape index (κ2) is 5.86. The zero-order valence-electron chi connectivity index (χ0n) is 13.2. The smallest absolute Gasteiger partial charge is 0.292 e. The highest BCUT2D eigenvalue weighted by Gasteiger charge is 2.25. The molecule has 1 aliphatic rings. The minimum Gasteiger partial charge on any atom is -0.399 e. The number of aromatic nitrogens is 3. The number of nitrogens with two attached hydrogens (primary N) is 1. The molecule has 2 heterocycles. The number of nitrogens with one attached hydrogen (secondary N) is 1. The summed E-state index contributed by atoms with van der Waals surface area (Å²) in [6.07, 6.45) is 1.65. The summed E-state index contributed by atoms with van der Waals surface area (Å²) in [4.78, 5) is 10.8. The summed E-state index contributed by atoms with van der Waals surface area (Å²) in [7, 11) is 0. The van der Waals surface area contributed by atoms with Crippen molar-refractivity contribution < 1.29 is 4.92 Å². The zero-order chi connectivity index (χ0) is 16.6. The van der Waals surface area contributed by atoms with Crippen LogP contribution in [0.1, 0.15) is 37.8 Å². The van der Waals surface area contributed by atoms with E-state index in [0.717, 1.165) is 24.5 Å². The van der Waals surface area contributed by atoms with Gasteiger partial charge in [0.1, 0.15) is 17.3 Å². The lowest BCUT2D eigenvalue weighted by Crippen LogP contribution is -2.32. The predicted octanol–water partition coefficient (Wildman–Crippen LogP) is 2.32. The molecule has 1 atom stereocenters. The molecule has 8 nitrogen and oxygen atoms in total. The van der Waals surface area contributed by atoms with Crippen LogP contribution in [0.4, 0.5) is 17.1 Å². The van der Waals surface area contributed by atoms with E-state index in [2.05, 4.69) is 33.9 Å². The van der Waals surface area contributed by atoms with Gasteiger partial charge in [0.05, 0.1) is 4.92 Å². The maximum atomic E-state index is 11.2. The Bertz CT molecular complexity index is 740. The van der Waals surface area contributed by atoms with Crippen LogP contribution in [0.2, 0.25) is 0 Å². The van der Waals surface area contributed by atoms with E-state index in [0.29, 0.717) is 17.9 Å². The molecule has 122 valence electrons. The fourth-order valence-electron chi connectivity index (χ4n) is 2.94. The van der Waals surface area contributed by atoms with Crippen molar-refractivity contribution in [2.75, 3.05) is 11.1 Å². The van der Waals surface area contributed by atoms with Crippen molar-refractivity contribution >= 4 is 17.1 Å². The van der Waals surface area contributed by atoms with E-state index in [1.807, 2.05) is 0 Å². The Morgan fingerprint density at radius 1 is 1.43 bits per heavy atom. The highest BCUT2D eigenvalue weighted by Crippen LogP contribution is 2.29. The number of anilines is 2. The van der Waals surface area contributed by atoms with Gasteiger partial charge >= 0.3 is 0 Å². The van der Waals surface area contributed by atoms with Gasteiger partial charge in [-0.1, -0.05) is 13.8 Å². The lowest BCUT2D eigenvalue weighted by atomic mass is 10.1. The van der Waals surface area contributed by atoms with Gasteiger partial charge in [0.15, 0.2) is 0 Å². The molecule has 0 fully saturated rings. The zero-order valence-corrected chi connectivity index (χ0v) is 13.2. The standard InChI is InChI=1S/C15H20N6O2/c1-9(2)15-19-18-14-6-4-11(8-20(14)15)17-12-7-10(16)3-5-13(12)21(22)23/h3,5,7,9,11,17H,4,6,8,16H2,1-2H3/t11-/m0/s1. The van der Waals surface area contributed by atoms with Gasteiger partial charge in [0.25, 0.3) is 5.69 Å². The molecule has 2 aromatic rings. The van der Waals surface area contributed by atoms with E-state index < -0.39 is 4.92 Å². The highest BCUT2D eigenvalue weighted by atomic mass is 16.6. The maximum absolute atomic E-state index is 11.2. The molecular formula is C15H20N6O2. The van der Waals surface area contributed by atoms with Crippen LogP contribution in [-0.4, -0.2) is 25.7 Å². The first-order chi connectivity index (χ1) is 11.0. The van der Waals surface area contributed by atoms with Gasteiger partial charge in [-0.2, -0.15) is 0 Å². The predicted molar refractivity (Wildman–Crippen MR) is 87.4 cm³/mol. The Kier molecular flexibility index (Phi) is 3.89. The number of hydrogen-bond acceptors (Lipinski definition) is 6. The number of hydrogen-bond donors (Lipinski definition) is 2. The number of rotatable bonds is 4. The van der Waals surface area contributed by atoms with Crippen LogP contribution < -0.4 is 11.1 Å². The molecule has 23 heavy (non-hydrogen) atoms. The van der Waals surface area contributed by atoms with Crippen molar-refractivity contribution in [3.63, 3.8) is 0 Å². The topological polar surface area (TPSA) is 112 Å². The first-order valence-electron chi connectivity index (χ1n) is 7.68. The minimum atomic E-state index is -0.394. The summed E-state index contributed by atoms with van der Waals surface area (Å²) < 4.78 is 2.12. The summed E-state index contributed by atoms with van der Waals surface area (Å²) >= 11 is 0. The van der Waals surface area contributed by atoms with E-state index in [-0.39, 0.29) is 17.6 Å². The fourth-order valence-corrected chi connectivity index (χ4v) is 2.94. The number of benzene rings is 1. The molecule has 3 rings (SSSR count). The Balaban J connectivity index is 1.84. The van der Waals surface area contributed by atoms with Gasteiger partial charge in [-0.15, -0.1) is 10.2 Å². The van der Waals surface area contributed by atoms with Gasteiger partial charge in [0, 0.05) is 36.7 Å². The van der Waals surface area contributed by atoms with Crippen molar-refractivity contribution in [2.45, 2.75) is 45.2 Å². The molecule has 0 saturated heterocycles. The second-order valence-corrected chi connectivity index (χ2v) is 6.15. The summed E-state index contributed by atoms with van der Waals surface area (Å²) in [5.41, 5.74) is 6.77. The van der Waals surface area contributed by atoms with Gasteiger partial charge in [-0.3, -0.25) is 10.1 Å². The van der Waals surface area contributed by atoms with E-state index in [4.69, 9.17) is 5.73 Å². The van der Waals surface area contributed by atoms with Crippen LogP contribution >= 0.6 is 0 Å². The molecule has 1 aromatic heterocycles. The van der Waals surface area contributed by atoms with Crippen molar-refractivity contribution in [2.24, 2.45) is 0 Å². The molecule has 1 aliphatic heterocycles. The number of fused-ring (bicyclic) bond motifs is 1. The minimum absolute atomic E-state index is 0.0397. The van der Waals surface area contributed by atoms with Crippen LogP contribution in [0.25, 0.3) is 0 Å². The van der Waals surface area contributed by atoms with Crippen molar-refractivity contribution in [1.82, 2.24) is 14.8 Å². The number of nitro benzene ring substituents is 1. The summed E-state index contributed by atoms with van der Waals surface area (Å²) in [5, 5.41) is 22.9. The third kappa shape index (κ3) is 2.96. The van der Waals surface area contributed by atoms with Crippen molar-refractivity contribution in [1.29, 1.82) is 0 Å². The summed E-state index contributed by atoms with van der Waals surface area (Å²) in [5.74, 6) is 2.22. The third-order valence-corrected chi connectivity index (χ3v) is 4.07. The average molecular weight is 316 g/mol. The van der Waals surface area contributed by atoms with Gasteiger partial charge in [-0.05, 0) is 18.6 Å². The van der Waals surface area contributed by atoms with Crippen LogP contribution in [0, 0.1) is 10.1 Å². The van der Waals surface area contributed by atoms with Gasteiger partial charge < -0.3 is 15.6 Å². The van der Waals surface area contributed by atoms with Crippen LogP contribution in [0.5, 0.6) is 0 Å². The SMILES string of the molecule is CC(C)c1nnc2n1C[C@@H](Nc1cc(N)ccc1[N+](=O)[O-])CC2. The number of nitrogens with zero attached hydrogens (tertiary/aromatic N) is 4. The normalized spacial score (nSPS) is 17.1. The molecule has 8 heteroatoms. The monoisotopic (exact) mass is 316 g/mol. The Morgan fingerprint density at radius 2 is 2.22 bits per heavy atom. The van der Waals surface area contributed by atoms with Crippen LogP contribution in [0.15, 0.2) is 18.2 Å². The highest BCUT2D eigenvalue weighted by molar-refractivity contribution is 5.67. The summed E-state index contributed by atoms with van der Waals surface area (Å²) in [6, 6.07) is 4.67. The van der Waals surface area contributed by atoms with E-state index in [9.17, 15) is 10.1 Å². The summed E-state index contributed by atoms with van der Waals surface area (Å²) in [6.45, 7) is 4.86. The Hall–Kier alpha value is -2.64. The lowest BCUT2D eigenvalue weighted by molar-refractivity contribution is -0.384. The third-order valence-electron chi connectivity index (χ3n) is 4.07. The number of nitrogen functional groups attached to an aromatic ring is 1. The molecule has 0 saturated carbocycles. The first-order valence-corrected chi connectivity index (χ1v) is 7.68. The maximum Gasteiger partial charge on any atom is 0.292 e. The van der Waals surface area contributed by atoms with E-state index in [1.54, 1.807) is 12.1 Å². The number of nitro groups is 1. The molecule has 0 bridgehead atoms. The van der Waals surface area contributed by atoms with Crippen molar-refractivity contribution in [3.8, 4) is 0 Å². The Morgan fingerprint density at radius 3 is 2.91 bits per heavy atom. The average Bonchev–Trinajstić information content (AvgIpc) is 2.90. The molecule has 3 N–H and O–H groups in total. The largest absolute Gasteiger partial charge is 0.399 e. The van der Waals surface area contributed by atoms with Gasteiger partial charge in [-0.25, -0.2) is 0 Å². The molecule has 0 unspecified atom stereocenters. The fraction of sp³-hybridized carbons (Fsp3) is 0.467. The molecule has 0 spiro atoms. The molecule has 0 aliphatic carbocycles. The lowest BCUT2D eigenvalue weighted by Gasteiger charge is -2.26. The van der Waals surface area contributed by atoms with Crippen molar-refractivity contribution in [3.05, 3.63) is 40.0 Å². The van der Waals surface area contributed by atoms with Gasteiger partial charge in [0.2, 0.25) is 0 Å². The van der Waals surface area contributed by atoms with E-state index in [1.165, 1.54) is 6.07 Å². The van der Waals surface area contributed by atoms with Crippen LogP contribution in [0.3, 0.4) is 0 Å². The molecule has 0 radical (unpaired) electrons. The quantitative estimate of drug-likeness (QED) is 0.508. The number of aryl methyl sites for hydroxylation is 1. The molecule has 0 amide bonds. The van der Waals surface area contributed by atoms with Crippen LogP contribution in [-0.2, 0) is 13.0 Å². The molecule has 1 aromatic carbocycles. The molecular weight excluding hydrogens is 296 g/mol. The van der Waals surface area contributed by atoms with E-state index >= 15 is 0 Å². The Labute approximate surface area is 133 Å².